The molecule has 1 atom stereocenters. The Morgan fingerprint density at radius 2 is 1.58 bits per heavy atom. The third-order valence-electron chi connectivity index (χ3n) is 4.75. The highest BCUT2D eigenvalue weighted by molar-refractivity contribution is 6.26. The normalized spacial score (nSPS) is 12.5. The average Bonchev–Trinajstić information content (AvgIpc) is 2.69. The van der Waals surface area contributed by atoms with Gasteiger partial charge in [0.2, 0.25) is 0 Å². The number of carbonyl (C=O) groups excluding carboxylic acids is 2. The van der Waals surface area contributed by atoms with E-state index in [4.69, 9.17) is 0 Å². The molecule has 0 saturated heterocycles. The van der Waals surface area contributed by atoms with Crippen molar-refractivity contribution in [2.75, 3.05) is 13.7 Å². The quantitative estimate of drug-likeness (QED) is 0.440. The van der Waals surface area contributed by atoms with Gasteiger partial charge in [-0.2, -0.15) is 0 Å². The molecule has 0 heterocycles. The molecule has 26 heavy (non-hydrogen) atoms. The monoisotopic (exact) mass is 347 g/mol. The molecule has 5 heteroatoms. The number of carbonyl (C=O) groups is 2. The van der Waals surface area contributed by atoms with Gasteiger partial charge in [0.15, 0.2) is 6.04 Å². The van der Waals surface area contributed by atoms with Crippen LogP contribution in [0.4, 0.5) is 0 Å². The fourth-order valence-electron chi connectivity index (χ4n) is 3.49. The Hall–Kier alpha value is -3.18. The van der Waals surface area contributed by atoms with Gasteiger partial charge in [-0.3, -0.25) is 4.79 Å². The zero-order valence-electron chi connectivity index (χ0n) is 14.2. The van der Waals surface area contributed by atoms with E-state index >= 15 is 0 Å². The predicted molar refractivity (Wildman–Crippen MR) is 101 cm³/mol. The Bertz CT molecular complexity index is 1120. The smallest absolute Gasteiger partial charge is 0.330 e. The lowest BCUT2D eigenvalue weighted by atomic mass is 9.92. The van der Waals surface area contributed by atoms with Crippen molar-refractivity contribution in [3.63, 3.8) is 0 Å². The van der Waals surface area contributed by atoms with E-state index in [1.165, 1.54) is 7.11 Å². The Morgan fingerprint density at radius 1 is 0.962 bits per heavy atom. The van der Waals surface area contributed by atoms with Crippen LogP contribution in [0.3, 0.4) is 0 Å². The SMILES string of the molecule is COC(=O)[C@H](CO)NC(=O)c1ccc2ccc3cccc4ccc1c2c34. The largest absolute Gasteiger partial charge is 0.467 e. The first-order valence-corrected chi connectivity index (χ1v) is 8.30. The fourth-order valence-corrected chi connectivity index (χ4v) is 3.49. The summed E-state index contributed by atoms with van der Waals surface area (Å²) < 4.78 is 4.61. The molecule has 0 radical (unpaired) electrons. The number of nitrogens with one attached hydrogen (secondary N) is 1. The molecule has 0 spiro atoms. The van der Waals surface area contributed by atoms with Crippen LogP contribution in [0.1, 0.15) is 10.4 Å². The van der Waals surface area contributed by atoms with Gasteiger partial charge in [-0.15, -0.1) is 0 Å². The van der Waals surface area contributed by atoms with Crippen molar-refractivity contribution in [3.8, 4) is 0 Å². The molecule has 0 aliphatic rings. The Labute approximate surface area is 149 Å². The number of hydrogen-bond donors (Lipinski definition) is 2. The predicted octanol–water partition coefficient (Wildman–Crippen LogP) is 2.85. The van der Waals surface area contributed by atoms with Crippen LogP contribution < -0.4 is 5.32 Å². The van der Waals surface area contributed by atoms with Crippen LogP contribution in [-0.2, 0) is 9.53 Å². The molecule has 130 valence electrons. The van der Waals surface area contributed by atoms with Gasteiger partial charge in [0, 0.05) is 5.56 Å². The molecule has 2 N–H and O–H groups in total. The second-order valence-corrected chi connectivity index (χ2v) is 6.20. The molecule has 4 rings (SSSR count). The van der Waals surface area contributed by atoms with Gasteiger partial charge < -0.3 is 15.2 Å². The van der Waals surface area contributed by atoms with Crippen molar-refractivity contribution in [2.24, 2.45) is 0 Å². The third-order valence-corrected chi connectivity index (χ3v) is 4.75. The lowest BCUT2D eigenvalue weighted by Crippen LogP contribution is -2.44. The summed E-state index contributed by atoms with van der Waals surface area (Å²) in [7, 11) is 1.22. The van der Waals surface area contributed by atoms with Gasteiger partial charge in [0.1, 0.15) is 0 Å². The van der Waals surface area contributed by atoms with E-state index < -0.39 is 24.5 Å². The molecule has 1 amide bonds. The van der Waals surface area contributed by atoms with Gasteiger partial charge in [-0.1, -0.05) is 48.5 Å². The molecule has 0 unspecified atom stereocenters. The Morgan fingerprint density at radius 3 is 2.23 bits per heavy atom. The van der Waals surface area contributed by atoms with E-state index in [9.17, 15) is 14.7 Å². The maximum atomic E-state index is 12.8. The second kappa shape index (κ2) is 6.28. The molecule has 4 aromatic carbocycles. The van der Waals surface area contributed by atoms with E-state index in [0.717, 1.165) is 32.3 Å². The van der Waals surface area contributed by atoms with Crippen LogP contribution in [0.2, 0.25) is 0 Å². The standard InChI is InChI=1S/C21H17NO4/c1-26-21(25)17(11-23)22-20(24)16-10-8-14-6-5-12-3-2-4-13-7-9-15(16)19(14)18(12)13/h2-10,17,23H,11H2,1H3,(H,22,24)/t17-/m0/s1. The minimum absolute atomic E-state index is 0.424. The summed E-state index contributed by atoms with van der Waals surface area (Å²) in [5.41, 5.74) is 0.457. The van der Waals surface area contributed by atoms with E-state index in [1.807, 2.05) is 42.5 Å². The molecule has 0 aliphatic heterocycles. The zero-order valence-corrected chi connectivity index (χ0v) is 14.2. The summed E-state index contributed by atoms with van der Waals surface area (Å²) in [5.74, 6) is -1.11. The molecule has 0 aliphatic carbocycles. The maximum Gasteiger partial charge on any atom is 0.330 e. The Balaban J connectivity index is 1.88. The highest BCUT2D eigenvalue weighted by atomic mass is 16.5. The second-order valence-electron chi connectivity index (χ2n) is 6.20. The minimum atomic E-state index is -1.09. The summed E-state index contributed by atoms with van der Waals surface area (Å²) in [5, 5.41) is 18.1. The summed E-state index contributed by atoms with van der Waals surface area (Å²) in [6, 6.07) is 16.7. The van der Waals surface area contributed by atoms with Gasteiger partial charge in [-0.05, 0) is 38.4 Å². The highest BCUT2D eigenvalue weighted by Crippen LogP contribution is 2.35. The summed E-state index contributed by atoms with van der Waals surface area (Å²) >= 11 is 0. The molecule has 4 aromatic rings. The molecule has 5 nitrogen and oxygen atoms in total. The molecule has 0 fully saturated rings. The van der Waals surface area contributed by atoms with Crippen molar-refractivity contribution >= 4 is 44.2 Å². The van der Waals surface area contributed by atoms with Crippen LogP contribution in [0.5, 0.6) is 0 Å². The zero-order chi connectivity index (χ0) is 18.3. The van der Waals surface area contributed by atoms with E-state index in [1.54, 1.807) is 6.07 Å². The van der Waals surface area contributed by atoms with Crippen LogP contribution in [0.25, 0.3) is 32.3 Å². The summed E-state index contributed by atoms with van der Waals surface area (Å²) in [6.07, 6.45) is 0. The number of aliphatic hydroxyl groups is 1. The minimum Gasteiger partial charge on any atom is -0.467 e. The van der Waals surface area contributed by atoms with Crippen LogP contribution in [0, 0.1) is 0 Å². The van der Waals surface area contributed by atoms with Crippen LogP contribution in [0.15, 0.2) is 54.6 Å². The van der Waals surface area contributed by atoms with Crippen molar-refractivity contribution in [3.05, 3.63) is 60.2 Å². The van der Waals surface area contributed by atoms with Crippen molar-refractivity contribution in [1.82, 2.24) is 5.32 Å². The first-order valence-electron chi connectivity index (χ1n) is 8.30. The first-order chi connectivity index (χ1) is 12.6. The number of esters is 1. The van der Waals surface area contributed by atoms with Gasteiger partial charge >= 0.3 is 5.97 Å². The number of aliphatic hydroxyl groups excluding tert-OH is 1. The molecular formula is C21H17NO4. The van der Waals surface area contributed by atoms with E-state index in [2.05, 4.69) is 16.1 Å². The lowest BCUT2D eigenvalue weighted by molar-refractivity contribution is -0.143. The Kier molecular flexibility index (Phi) is 3.93. The van der Waals surface area contributed by atoms with E-state index in [0.29, 0.717) is 5.56 Å². The number of hydrogen-bond acceptors (Lipinski definition) is 4. The number of ether oxygens (including phenoxy) is 1. The van der Waals surface area contributed by atoms with Gasteiger partial charge in [0.05, 0.1) is 13.7 Å². The fraction of sp³-hybridized carbons (Fsp3) is 0.143. The number of amides is 1. The maximum absolute atomic E-state index is 12.8. The molecular weight excluding hydrogens is 330 g/mol. The van der Waals surface area contributed by atoms with Crippen molar-refractivity contribution in [2.45, 2.75) is 6.04 Å². The number of methoxy groups -OCH3 is 1. The molecule has 0 bridgehead atoms. The van der Waals surface area contributed by atoms with Crippen LogP contribution in [-0.4, -0.2) is 36.7 Å². The topological polar surface area (TPSA) is 75.6 Å². The summed E-state index contributed by atoms with van der Waals surface area (Å²) in [6.45, 7) is -0.524. The molecule has 0 aromatic heterocycles. The van der Waals surface area contributed by atoms with Crippen molar-refractivity contribution < 1.29 is 19.4 Å². The van der Waals surface area contributed by atoms with E-state index in [-0.39, 0.29) is 0 Å². The molecule has 0 saturated carbocycles. The third kappa shape index (κ3) is 2.45. The number of rotatable bonds is 4. The van der Waals surface area contributed by atoms with Crippen molar-refractivity contribution in [1.29, 1.82) is 0 Å². The highest BCUT2D eigenvalue weighted by Gasteiger charge is 2.22. The van der Waals surface area contributed by atoms with Gasteiger partial charge in [-0.25, -0.2) is 4.79 Å². The lowest BCUT2D eigenvalue weighted by Gasteiger charge is -2.16. The van der Waals surface area contributed by atoms with Crippen LogP contribution >= 0.6 is 0 Å². The average molecular weight is 347 g/mol. The first kappa shape index (κ1) is 16.3. The summed E-state index contributed by atoms with van der Waals surface area (Å²) in [4.78, 5) is 24.4. The van der Waals surface area contributed by atoms with Gasteiger partial charge in [0.25, 0.3) is 5.91 Å². The number of benzene rings is 4.